The molecule has 2 aliphatic heterocycles. The summed E-state index contributed by atoms with van der Waals surface area (Å²) in [5.74, 6) is -3.00. The van der Waals surface area contributed by atoms with Crippen molar-refractivity contribution >= 4 is 27.6 Å². The Kier molecular flexibility index (Phi) is 9.24. The number of hydrazone groups is 1. The predicted molar refractivity (Wildman–Crippen MR) is 163 cm³/mol. The number of aliphatic hydroxyl groups excluding tert-OH is 1. The van der Waals surface area contributed by atoms with Crippen LogP contribution in [-0.2, 0) is 19.6 Å². The highest BCUT2D eigenvalue weighted by atomic mass is 32.2. The van der Waals surface area contributed by atoms with Crippen molar-refractivity contribution in [2.75, 3.05) is 19.6 Å². The van der Waals surface area contributed by atoms with Gasteiger partial charge in [-0.15, -0.1) is 0 Å². The number of allylic oxidation sites excluding steroid dienone is 2. The van der Waals surface area contributed by atoms with Gasteiger partial charge in [0, 0.05) is 24.1 Å². The van der Waals surface area contributed by atoms with Gasteiger partial charge in [-0.25, -0.2) is 23.8 Å². The van der Waals surface area contributed by atoms with E-state index in [-0.39, 0.29) is 21.8 Å². The van der Waals surface area contributed by atoms with E-state index in [0.717, 1.165) is 37.9 Å². The van der Waals surface area contributed by atoms with Crippen LogP contribution in [0.15, 0.2) is 100 Å². The molecule has 4 N–H and O–H groups in total. The quantitative estimate of drug-likeness (QED) is 0.224. The molecule has 1 fully saturated rings. The summed E-state index contributed by atoms with van der Waals surface area (Å²) in [6, 6.07) is 15.1. The molecule has 0 bridgehead atoms. The molecule has 5 rings (SSSR count). The number of benzene rings is 2. The molecule has 1 amide bonds. The van der Waals surface area contributed by atoms with Crippen LogP contribution in [-0.4, -0.2) is 61.8 Å². The average Bonchev–Trinajstić information content (AvgIpc) is 3.01. The molecular formula is C32H36N4O6S. The Morgan fingerprint density at radius 2 is 1.74 bits per heavy atom. The van der Waals surface area contributed by atoms with Crippen LogP contribution < -0.4 is 10.6 Å². The number of fused-ring (bicyclic) bond motifs is 1. The third kappa shape index (κ3) is 6.79. The van der Waals surface area contributed by atoms with Gasteiger partial charge in [0.05, 0.1) is 21.9 Å². The van der Waals surface area contributed by atoms with E-state index in [2.05, 4.69) is 15.4 Å². The molecule has 43 heavy (non-hydrogen) atoms. The maximum absolute atomic E-state index is 13.6. The van der Waals surface area contributed by atoms with Crippen LogP contribution >= 0.6 is 0 Å². The van der Waals surface area contributed by atoms with E-state index in [1.54, 1.807) is 19.1 Å². The Morgan fingerprint density at radius 1 is 1.07 bits per heavy atom. The van der Waals surface area contributed by atoms with Gasteiger partial charge in [-0.3, -0.25) is 4.79 Å². The molecule has 4 atom stereocenters. The number of primary sulfonamides is 1. The third-order valence-corrected chi connectivity index (χ3v) is 9.19. The van der Waals surface area contributed by atoms with Gasteiger partial charge in [0.25, 0.3) is 5.91 Å². The number of sulfonamides is 1. The highest BCUT2D eigenvalue weighted by Crippen LogP contribution is 2.42. The van der Waals surface area contributed by atoms with Gasteiger partial charge < -0.3 is 14.7 Å². The number of likely N-dealkylation sites (tertiary alicyclic amines) is 1. The molecule has 1 aliphatic carbocycles. The molecule has 2 heterocycles. The predicted octanol–water partition coefficient (Wildman–Crippen LogP) is 3.81. The molecule has 2 aromatic carbocycles. The van der Waals surface area contributed by atoms with Crippen molar-refractivity contribution in [3.8, 4) is 0 Å². The second kappa shape index (κ2) is 13.1. The first kappa shape index (κ1) is 30.4. The van der Waals surface area contributed by atoms with E-state index < -0.39 is 45.8 Å². The van der Waals surface area contributed by atoms with Gasteiger partial charge in [0.1, 0.15) is 11.9 Å². The third-order valence-electron chi connectivity index (χ3n) is 8.22. The molecule has 0 saturated carbocycles. The highest BCUT2D eigenvalue weighted by Gasteiger charge is 2.43. The monoisotopic (exact) mass is 604 g/mol. The number of esters is 1. The van der Waals surface area contributed by atoms with Crippen molar-refractivity contribution in [1.82, 2.24) is 10.3 Å². The lowest BCUT2D eigenvalue weighted by Crippen LogP contribution is -2.43. The smallest absolute Gasteiger partial charge is 0.338 e. The fraction of sp³-hybridized carbons (Fsp3) is 0.344. The Morgan fingerprint density at radius 3 is 2.47 bits per heavy atom. The van der Waals surface area contributed by atoms with Crippen LogP contribution in [0.2, 0.25) is 0 Å². The number of hydrogen-bond donors (Lipinski definition) is 3. The summed E-state index contributed by atoms with van der Waals surface area (Å²) < 4.78 is 30.0. The van der Waals surface area contributed by atoms with Gasteiger partial charge in [-0.2, -0.15) is 5.10 Å². The normalized spacial score (nSPS) is 22.5. The summed E-state index contributed by atoms with van der Waals surface area (Å²) in [4.78, 5) is 28.7. The summed E-state index contributed by atoms with van der Waals surface area (Å²) in [5.41, 5.74) is 3.82. The Hall–Kier alpha value is -4.06. The lowest BCUT2D eigenvalue weighted by molar-refractivity contribution is -0.146. The molecule has 1 saturated heterocycles. The van der Waals surface area contributed by atoms with Crippen LogP contribution in [0.1, 0.15) is 48.0 Å². The van der Waals surface area contributed by atoms with E-state index in [9.17, 15) is 23.1 Å². The number of hydrogen-bond acceptors (Lipinski definition) is 8. The van der Waals surface area contributed by atoms with Crippen molar-refractivity contribution in [3.63, 3.8) is 0 Å². The molecule has 0 aromatic heterocycles. The van der Waals surface area contributed by atoms with Crippen molar-refractivity contribution in [1.29, 1.82) is 0 Å². The lowest BCUT2D eigenvalue weighted by Gasteiger charge is -2.38. The van der Waals surface area contributed by atoms with Crippen molar-refractivity contribution < 1.29 is 27.9 Å². The molecule has 3 aliphatic rings. The molecule has 0 unspecified atom stereocenters. The summed E-state index contributed by atoms with van der Waals surface area (Å²) >= 11 is 0. The van der Waals surface area contributed by atoms with Gasteiger partial charge in [-0.1, -0.05) is 67.1 Å². The summed E-state index contributed by atoms with van der Waals surface area (Å²) in [6.07, 6.45) is 9.79. The summed E-state index contributed by atoms with van der Waals surface area (Å²) in [7, 11) is -4.15. The molecule has 0 radical (unpaired) electrons. The number of nitrogens with two attached hydrogens (primary N) is 1. The average molecular weight is 605 g/mol. The molecule has 0 spiro atoms. The first-order chi connectivity index (χ1) is 20.6. The Labute approximate surface area is 251 Å². The van der Waals surface area contributed by atoms with E-state index in [1.807, 2.05) is 42.5 Å². The van der Waals surface area contributed by atoms with Gasteiger partial charge >= 0.3 is 5.97 Å². The zero-order valence-electron chi connectivity index (χ0n) is 23.9. The number of carbonyl (C=O) groups excluding carboxylic acids is 2. The van der Waals surface area contributed by atoms with Crippen LogP contribution in [0, 0.1) is 11.8 Å². The molecule has 10 nitrogen and oxygen atoms in total. The SMILES string of the molecule is C/C(=N\NC(=O)c1ccccc1S(N)(=O)=O)[C@@H](CN1CCCCC1)[C@H](C1=C(O)[C@@H]2C=CC=C[C@@H]2OC1=O)c1ccccc1. The van der Waals surface area contributed by atoms with E-state index >= 15 is 0 Å². The molecule has 11 heteroatoms. The minimum absolute atomic E-state index is 0.0433. The van der Waals surface area contributed by atoms with Crippen LogP contribution in [0.4, 0.5) is 0 Å². The number of aliphatic hydroxyl groups is 1. The highest BCUT2D eigenvalue weighted by molar-refractivity contribution is 7.89. The fourth-order valence-electron chi connectivity index (χ4n) is 6.05. The van der Waals surface area contributed by atoms with E-state index in [1.165, 1.54) is 24.3 Å². The number of piperidine rings is 1. The number of carbonyl (C=O) groups is 2. The molecular weight excluding hydrogens is 568 g/mol. The Bertz CT molecular complexity index is 1590. The van der Waals surface area contributed by atoms with Crippen LogP contribution in [0.25, 0.3) is 0 Å². The maximum Gasteiger partial charge on any atom is 0.338 e. The first-order valence-electron chi connectivity index (χ1n) is 14.4. The standard InChI is InChI=1S/C32H36N4O6S/c1-21(34-35-31(38)24-15-7-9-17-27(24)43(33,40)41)25(20-36-18-10-3-11-19-36)28(22-12-4-2-5-13-22)29-30(37)23-14-6-8-16-26(23)42-32(29)39/h2,4-9,12-17,23,25-26,28,37H,3,10-11,18-20H2,1H3,(H,35,38)(H2,33,40,41)/b34-21+/t23-,25-,26+,28-/m1/s1. The van der Waals surface area contributed by atoms with Crippen molar-refractivity contribution in [3.05, 3.63) is 101 Å². The van der Waals surface area contributed by atoms with Gasteiger partial charge in [0.15, 0.2) is 0 Å². The number of amides is 1. The number of nitrogens with one attached hydrogen (secondary N) is 1. The van der Waals surface area contributed by atoms with Crippen molar-refractivity contribution in [2.45, 2.75) is 43.1 Å². The lowest BCUT2D eigenvalue weighted by atomic mass is 9.74. The summed E-state index contributed by atoms with van der Waals surface area (Å²) in [6.45, 7) is 4.00. The van der Waals surface area contributed by atoms with E-state index in [0.29, 0.717) is 12.3 Å². The van der Waals surface area contributed by atoms with Crippen LogP contribution in [0.3, 0.4) is 0 Å². The number of rotatable bonds is 9. The van der Waals surface area contributed by atoms with E-state index in [4.69, 9.17) is 9.88 Å². The molecule has 226 valence electrons. The minimum atomic E-state index is -4.15. The second-order valence-electron chi connectivity index (χ2n) is 11.1. The number of nitrogens with zero attached hydrogens (tertiary/aromatic N) is 2. The minimum Gasteiger partial charge on any atom is -0.511 e. The molecule has 2 aromatic rings. The summed E-state index contributed by atoms with van der Waals surface area (Å²) in [5, 5.41) is 21.3. The number of ether oxygens (including phenoxy) is 1. The fourth-order valence-corrected chi connectivity index (χ4v) is 6.78. The van der Waals surface area contributed by atoms with Gasteiger partial charge in [0.2, 0.25) is 10.0 Å². The van der Waals surface area contributed by atoms with Crippen LogP contribution in [0.5, 0.6) is 0 Å². The first-order valence-corrected chi connectivity index (χ1v) is 15.9. The maximum atomic E-state index is 13.6. The zero-order chi connectivity index (χ0) is 30.6. The van der Waals surface area contributed by atoms with Crippen molar-refractivity contribution in [2.24, 2.45) is 22.1 Å². The second-order valence-corrected chi connectivity index (χ2v) is 12.6. The largest absolute Gasteiger partial charge is 0.511 e. The zero-order valence-corrected chi connectivity index (χ0v) is 24.7. The van der Waals surface area contributed by atoms with Gasteiger partial charge in [-0.05, 0) is 56.6 Å². The Balaban J connectivity index is 1.57. The topological polar surface area (TPSA) is 151 Å².